The molecule has 1 amide bonds. The number of hydrogen-bond donors (Lipinski definition) is 1. The molecule has 70 valence electrons. The molecule has 0 aliphatic carbocycles. The zero-order valence-corrected chi connectivity index (χ0v) is 7.96. The van der Waals surface area contributed by atoms with E-state index in [0.717, 1.165) is 6.42 Å². The van der Waals surface area contributed by atoms with Gasteiger partial charge in [0, 0.05) is 0 Å². The predicted octanol–water partition coefficient (Wildman–Crippen LogP) is 2.09. The largest absolute Gasteiger partial charge is 0.450 e. The van der Waals surface area contributed by atoms with Crippen molar-refractivity contribution in [3.63, 3.8) is 0 Å². The van der Waals surface area contributed by atoms with E-state index >= 15 is 0 Å². The summed E-state index contributed by atoms with van der Waals surface area (Å²) in [5, 5.41) is 2.72. The number of amides is 1. The molecule has 0 heterocycles. The first-order valence-corrected chi connectivity index (χ1v) is 4.30. The van der Waals surface area contributed by atoms with Crippen LogP contribution in [0.2, 0.25) is 0 Å². The summed E-state index contributed by atoms with van der Waals surface area (Å²) in [6.45, 7) is 6.14. The second-order valence-corrected chi connectivity index (χ2v) is 2.41. The van der Waals surface area contributed by atoms with Gasteiger partial charge in [-0.1, -0.05) is 19.1 Å². The molecule has 0 fully saturated rings. The lowest BCUT2D eigenvalue weighted by atomic mass is 10.2. The Morgan fingerprint density at radius 3 is 2.67 bits per heavy atom. The number of hydrogen-bond acceptors (Lipinski definition) is 2. The van der Waals surface area contributed by atoms with E-state index in [4.69, 9.17) is 4.74 Å². The molecule has 0 saturated carbocycles. The van der Waals surface area contributed by atoms with Crippen molar-refractivity contribution in [2.24, 2.45) is 0 Å². The Bertz CT molecular complexity index is 155. The van der Waals surface area contributed by atoms with Crippen molar-refractivity contribution in [1.82, 2.24) is 5.32 Å². The van der Waals surface area contributed by atoms with Crippen molar-refractivity contribution < 1.29 is 9.53 Å². The summed E-state index contributed by atoms with van der Waals surface area (Å²) in [6, 6.07) is 0.0917. The van der Waals surface area contributed by atoms with Crippen LogP contribution in [0.1, 0.15) is 27.2 Å². The predicted molar refractivity (Wildman–Crippen MR) is 49.1 cm³/mol. The van der Waals surface area contributed by atoms with E-state index in [1.54, 1.807) is 6.92 Å². The van der Waals surface area contributed by atoms with Gasteiger partial charge in [0.15, 0.2) is 0 Å². The fourth-order valence-corrected chi connectivity index (χ4v) is 0.843. The zero-order chi connectivity index (χ0) is 9.40. The van der Waals surface area contributed by atoms with Gasteiger partial charge in [-0.2, -0.15) is 0 Å². The van der Waals surface area contributed by atoms with Crippen molar-refractivity contribution in [1.29, 1.82) is 0 Å². The number of ether oxygens (including phenoxy) is 1. The minimum absolute atomic E-state index is 0.0917. The summed E-state index contributed by atoms with van der Waals surface area (Å²) in [5.74, 6) is 0. The second kappa shape index (κ2) is 6.70. The normalized spacial score (nSPS) is 12.9. The molecule has 0 rings (SSSR count). The van der Waals surface area contributed by atoms with Gasteiger partial charge in [-0.15, -0.1) is 0 Å². The van der Waals surface area contributed by atoms with Crippen molar-refractivity contribution in [2.75, 3.05) is 6.61 Å². The number of allylic oxidation sites excluding steroid dienone is 1. The lowest BCUT2D eigenvalue weighted by molar-refractivity contribution is 0.149. The Kier molecular flexibility index (Phi) is 6.15. The highest BCUT2D eigenvalue weighted by Crippen LogP contribution is 1.93. The Morgan fingerprint density at radius 2 is 2.25 bits per heavy atom. The van der Waals surface area contributed by atoms with Crippen LogP contribution in [0.15, 0.2) is 12.2 Å². The van der Waals surface area contributed by atoms with Gasteiger partial charge in [0.25, 0.3) is 0 Å². The van der Waals surface area contributed by atoms with Crippen molar-refractivity contribution >= 4 is 6.09 Å². The van der Waals surface area contributed by atoms with Gasteiger partial charge < -0.3 is 10.1 Å². The molecule has 0 aromatic carbocycles. The molecule has 0 spiro atoms. The molecule has 0 aliphatic rings. The summed E-state index contributed by atoms with van der Waals surface area (Å²) in [7, 11) is 0. The number of rotatable bonds is 4. The fraction of sp³-hybridized carbons (Fsp3) is 0.667. The van der Waals surface area contributed by atoms with Crippen LogP contribution in [-0.2, 0) is 4.74 Å². The third kappa shape index (κ3) is 4.77. The standard InChI is InChI=1S/C9H17NO2/c1-4-7-8(5-2)10-9(11)12-6-3/h4,7-8H,5-6H2,1-3H3,(H,10,11)/b7-4+. The molecular weight excluding hydrogens is 154 g/mol. The summed E-state index contributed by atoms with van der Waals surface area (Å²) in [6.07, 6.45) is 4.39. The van der Waals surface area contributed by atoms with Crippen LogP contribution in [0.4, 0.5) is 4.79 Å². The van der Waals surface area contributed by atoms with Crippen molar-refractivity contribution in [2.45, 2.75) is 33.2 Å². The number of carbonyl (C=O) groups is 1. The highest BCUT2D eigenvalue weighted by atomic mass is 16.5. The number of alkyl carbamates (subject to hydrolysis) is 1. The van der Waals surface area contributed by atoms with E-state index in [9.17, 15) is 4.79 Å². The molecule has 3 nitrogen and oxygen atoms in total. The first kappa shape index (κ1) is 11.0. The highest BCUT2D eigenvalue weighted by molar-refractivity contribution is 5.67. The molecule has 0 saturated heterocycles. The minimum Gasteiger partial charge on any atom is -0.450 e. The van der Waals surface area contributed by atoms with E-state index in [1.807, 2.05) is 26.0 Å². The average molecular weight is 171 g/mol. The first-order valence-electron chi connectivity index (χ1n) is 4.30. The molecule has 0 bridgehead atoms. The summed E-state index contributed by atoms with van der Waals surface area (Å²) in [4.78, 5) is 10.9. The smallest absolute Gasteiger partial charge is 0.407 e. The molecule has 1 atom stereocenters. The molecule has 0 radical (unpaired) electrons. The van der Waals surface area contributed by atoms with Crippen LogP contribution in [-0.4, -0.2) is 18.7 Å². The molecule has 1 N–H and O–H groups in total. The van der Waals surface area contributed by atoms with Crippen LogP contribution in [0.3, 0.4) is 0 Å². The molecule has 0 aromatic heterocycles. The third-order valence-corrected chi connectivity index (χ3v) is 1.44. The molecular formula is C9H17NO2. The highest BCUT2D eigenvalue weighted by Gasteiger charge is 2.05. The average Bonchev–Trinajstić information content (AvgIpc) is 2.04. The fourth-order valence-electron chi connectivity index (χ4n) is 0.843. The van der Waals surface area contributed by atoms with Gasteiger partial charge in [-0.25, -0.2) is 4.79 Å². The minimum atomic E-state index is -0.345. The quantitative estimate of drug-likeness (QED) is 0.658. The van der Waals surface area contributed by atoms with E-state index < -0.39 is 0 Å². The van der Waals surface area contributed by atoms with Gasteiger partial charge in [-0.05, 0) is 20.3 Å². The maximum Gasteiger partial charge on any atom is 0.407 e. The van der Waals surface area contributed by atoms with E-state index in [2.05, 4.69) is 5.32 Å². The van der Waals surface area contributed by atoms with E-state index in [-0.39, 0.29) is 12.1 Å². The Labute approximate surface area is 73.8 Å². The lowest BCUT2D eigenvalue weighted by Gasteiger charge is -2.11. The Hall–Kier alpha value is -0.990. The van der Waals surface area contributed by atoms with E-state index in [1.165, 1.54) is 0 Å². The molecule has 0 aliphatic heterocycles. The summed E-state index contributed by atoms with van der Waals surface area (Å²) < 4.78 is 4.74. The zero-order valence-electron chi connectivity index (χ0n) is 7.96. The molecule has 0 aromatic rings. The van der Waals surface area contributed by atoms with Crippen LogP contribution in [0.25, 0.3) is 0 Å². The van der Waals surface area contributed by atoms with Crippen LogP contribution < -0.4 is 5.32 Å². The van der Waals surface area contributed by atoms with Gasteiger partial charge in [0.05, 0.1) is 12.6 Å². The van der Waals surface area contributed by atoms with Gasteiger partial charge in [0.1, 0.15) is 0 Å². The number of nitrogens with one attached hydrogen (secondary N) is 1. The van der Waals surface area contributed by atoms with Crippen LogP contribution in [0.5, 0.6) is 0 Å². The Morgan fingerprint density at radius 1 is 1.58 bits per heavy atom. The van der Waals surface area contributed by atoms with Crippen LogP contribution >= 0.6 is 0 Å². The van der Waals surface area contributed by atoms with Crippen LogP contribution in [0, 0.1) is 0 Å². The van der Waals surface area contributed by atoms with Gasteiger partial charge >= 0.3 is 6.09 Å². The molecule has 1 unspecified atom stereocenters. The maximum atomic E-state index is 10.9. The number of carbonyl (C=O) groups excluding carboxylic acids is 1. The topological polar surface area (TPSA) is 38.3 Å². The molecule has 3 heteroatoms. The van der Waals surface area contributed by atoms with Gasteiger partial charge in [0.2, 0.25) is 0 Å². The monoisotopic (exact) mass is 171 g/mol. The van der Waals surface area contributed by atoms with E-state index in [0.29, 0.717) is 6.61 Å². The van der Waals surface area contributed by atoms with Crippen molar-refractivity contribution in [3.8, 4) is 0 Å². The second-order valence-electron chi connectivity index (χ2n) is 2.41. The summed E-state index contributed by atoms with van der Waals surface area (Å²) in [5.41, 5.74) is 0. The Balaban J connectivity index is 3.77. The molecule has 12 heavy (non-hydrogen) atoms. The van der Waals surface area contributed by atoms with Gasteiger partial charge in [-0.3, -0.25) is 0 Å². The van der Waals surface area contributed by atoms with Crippen molar-refractivity contribution in [3.05, 3.63) is 12.2 Å². The summed E-state index contributed by atoms with van der Waals surface area (Å²) >= 11 is 0. The maximum absolute atomic E-state index is 10.9. The first-order chi connectivity index (χ1) is 5.74. The lowest BCUT2D eigenvalue weighted by Crippen LogP contribution is -2.33. The SMILES string of the molecule is C/C=C/C(CC)NC(=O)OCC. The third-order valence-electron chi connectivity index (χ3n) is 1.44.